The number of halogens is 3. The molecule has 2 aromatic heterocycles. The number of nitrogens with zero attached hydrogens (tertiary/aromatic N) is 2. The van der Waals surface area contributed by atoms with Gasteiger partial charge in [-0.3, -0.25) is 4.98 Å². The lowest BCUT2D eigenvalue weighted by molar-refractivity contribution is -0.109. The molecule has 90 valence electrons. The minimum Gasteiger partial charge on any atom is -0.251 e. The van der Waals surface area contributed by atoms with Gasteiger partial charge < -0.3 is 0 Å². The molecular formula is C11H9BrF2N2S. The quantitative estimate of drug-likeness (QED) is 0.835. The van der Waals surface area contributed by atoms with E-state index in [0.29, 0.717) is 4.60 Å². The van der Waals surface area contributed by atoms with Gasteiger partial charge in [-0.2, -0.15) is 0 Å². The van der Waals surface area contributed by atoms with Crippen LogP contribution in [0.3, 0.4) is 0 Å². The van der Waals surface area contributed by atoms with Crippen LogP contribution in [0.2, 0.25) is 0 Å². The third-order valence-corrected chi connectivity index (χ3v) is 4.35. The maximum absolute atomic E-state index is 12.7. The van der Waals surface area contributed by atoms with Gasteiger partial charge in [-0.1, -0.05) is 0 Å². The molecule has 0 radical (unpaired) electrons. The fourth-order valence-corrected chi connectivity index (χ4v) is 3.65. The first-order chi connectivity index (χ1) is 8.02. The third kappa shape index (κ3) is 2.33. The molecule has 0 spiro atoms. The first-order valence-corrected chi connectivity index (χ1v) is 6.92. The first kappa shape index (κ1) is 11.5. The van der Waals surface area contributed by atoms with Crippen LogP contribution >= 0.6 is 27.3 Å². The van der Waals surface area contributed by atoms with E-state index in [4.69, 9.17) is 0 Å². The fraction of sp³-hybridized carbons (Fsp3) is 0.455. The van der Waals surface area contributed by atoms with Crippen LogP contribution in [-0.2, 0) is 6.42 Å². The van der Waals surface area contributed by atoms with Crippen LogP contribution in [-0.4, -0.2) is 15.9 Å². The topological polar surface area (TPSA) is 25.8 Å². The minimum absolute atomic E-state index is 0.0196. The summed E-state index contributed by atoms with van der Waals surface area (Å²) in [6, 6.07) is 1.95. The van der Waals surface area contributed by atoms with Gasteiger partial charge in [0.1, 0.15) is 15.0 Å². The van der Waals surface area contributed by atoms with Crippen LogP contribution in [0, 0.1) is 5.92 Å². The molecule has 6 heteroatoms. The summed E-state index contributed by atoms with van der Waals surface area (Å²) in [5.41, 5.74) is 0.847. The molecule has 17 heavy (non-hydrogen) atoms. The van der Waals surface area contributed by atoms with Gasteiger partial charge in [-0.25, -0.2) is 13.8 Å². The van der Waals surface area contributed by atoms with Crippen LogP contribution in [0.25, 0.3) is 10.3 Å². The molecule has 2 nitrogen and oxygen atoms in total. The molecule has 0 unspecified atom stereocenters. The lowest BCUT2D eigenvalue weighted by Gasteiger charge is -2.34. The Labute approximate surface area is 109 Å². The standard InChI is InChI=1S/C11H9BrF2N2S/c12-9-5-15-8-2-7(17-10(8)16-9)1-6-3-11(13,14)4-6/h2,5-6H,1,3-4H2. The Bertz CT molecular complexity index is 562. The van der Waals surface area contributed by atoms with Crippen molar-refractivity contribution in [1.82, 2.24) is 9.97 Å². The highest BCUT2D eigenvalue weighted by atomic mass is 79.9. The van der Waals surface area contributed by atoms with E-state index in [1.165, 1.54) is 0 Å². The number of alkyl halides is 2. The van der Waals surface area contributed by atoms with Gasteiger partial charge in [0.2, 0.25) is 5.92 Å². The molecule has 0 N–H and O–H groups in total. The van der Waals surface area contributed by atoms with E-state index in [1.807, 2.05) is 6.07 Å². The van der Waals surface area contributed by atoms with Gasteiger partial charge in [-0.05, 0) is 34.3 Å². The van der Waals surface area contributed by atoms with E-state index >= 15 is 0 Å². The number of thiophene rings is 1. The van der Waals surface area contributed by atoms with Crippen molar-refractivity contribution in [3.8, 4) is 0 Å². The molecule has 0 bridgehead atoms. The number of rotatable bonds is 2. The van der Waals surface area contributed by atoms with Crippen molar-refractivity contribution in [2.24, 2.45) is 5.92 Å². The normalized spacial score (nSPS) is 19.5. The van der Waals surface area contributed by atoms with E-state index in [9.17, 15) is 8.78 Å². The maximum Gasteiger partial charge on any atom is 0.248 e. The van der Waals surface area contributed by atoms with Gasteiger partial charge in [-0.15, -0.1) is 11.3 Å². The SMILES string of the molecule is FC1(F)CC(Cc2cc3ncc(Br)nc3s2)C1. The molecule has 2 aromatic rings. The van der Waals surface area contributed by atoms with Gasteiger partial charge in [0.25, 0.3) is 0 Å². The molecule has 0 aliphatic heterocycles. The highest BCUT2D eigenvalue weighted by molar-refractivity contribution is 9.10. The summed E-state index contributed by atoms with van der Waals surface area (Å²) < 4.78 is 26.1. The number of fused-ring (bicyclic) bond motifs is 1. The molecule has 1 fully saturated rings. The zero-order valence-corrected chi connectivity index (χ0v) is 11.2. The third-order valence-electron chi connectivity index (χ3n) is 2.93. The molecule has 0 atom stereocenters. The fourth-order valence-electron chi connectivity index (χ4n) is 2.16. The largest absolute Gasteiger partial charge is 0.251 e. The van der Waals surface area contributed by atoms with Crippen molar-refractivity contribution in [1.29, 1.82) is 0 Å². The highest BCUT2D eigenvalue weighted by Gasteiger charge is 2.45. The van der Waals surface area contributed by atoms with Crippen LogP contribution in [0.1, 0.15) is 17.7 Å². The van der Waals surface area contributed by atoms with Crippen molar-refractivity contribution in [2.45, 2.75) is 25.2 Å². The summed E-state index contributed by atoms with van der Waals surface area (Å²) in [5, 5.41) is 0. The van der Waals surface area contributed by atoms with Gasteiger partial charge in [0.05, 0.1) is 6.20 Å². The molecule has 1 saturated carbocycles. The molecule has 3 rings (SSSR count). The minimum atomic E-state index is -2.43. The summed E-state index contributed by atoms with van der Waals surface area (Å²) >= 11 is 4.81. The van der Waals surface area contributed by atoms with Crippen molar-refractivity contribution >= 4 is 37.6 Å². The van der Waals surface area contributed by atoms with E-state index in [0.717, 1.165) is 21.6 Å². The zero-order valence-electron chi connectivity index (χ0n) is 8.79. The summed E-state index contributed by atoms with van der Waals surface area (Å²) in [6.07, 6.45) is 2.41. The Morgan fingerprint density at radius 3 is 2.94 bits per heavy atom. The second-order valence-electron chi connectivity index (χ2n) is 4.43. The molecule has 0 saturated heterocycles. The molecule has 2 heterocycles. The second-order valence-corrected chi connectivity index (χ2v) is 6.36. The summed E-state index contributed by atoms with van der Waals surface area (Å²) in [4.78, 5) is 10.5. The lowest BCUT2D eigenvalue weighted by Crippen LogP contribution is -2.36. The van der Waals surface area contributed by atoms with Gasteiger partial charge >= 0.3 is 0 Å². The highest BCUT2D eigenvalue weighted by Crippen LogP contribution is 2.44. The van der Waals surface area contributed by atoms with Crippen molar-refractivity contribution in [3.05, 3.63) is 21.7 Å². The average Bonchev–Trinajstić information content (AvgIpc) is 2.56. The zero-order chi connectivity index (χ0) is 12.0. The number of hydrogen-bond acceptors (Lipinski definition) is 3. The Balaban J connectivity index is 1.78. The Kier molecular flexibility index (Phi) is 2.66. The molecule has 0 aromatic carbocycles. The van der Waals surface area contributed by atoms with E-state index in [-0.39, 0.29) is 18.8 Å². The Hall–Kier alpha value is -0.620. The predicted octanol–water partition coefficient (Wildman–Crippen LogP) is 4.04. The maximum atomic E-state index is 12.7. The van der Waals surface area contributed by atoms with Crippen molar-refractivity contribution in [3.63, 3.8) is 0 Å². The monoisotopic (exact) mass is 318 g/mol. The van der Waals surface area contributed by atoms with Crippen molar-refractivity contribution in [2.75, 3.05) is 0 Å². The van der Waals surface area contributed by atoms with Gasteiger partial charge in [0.15, 0.2) is 0 Å². The average molecular weight is 319 g/mol. The van der Waals surface area contributed by atoms with Crippen LogP contribution in [0.15, 0.2) is 16.9 Å². The number of aromatic nitrogens is 2. The van der Waals surface area contributed by atoms with Crippen LogP contribution in [0.5, 0.6) is 0 Å². The lowest BCUT2D eigenvalue weighted by atomic mass is 9.79. The molecule has 0 amide bonds. The van der Waals surface area contributed by atoms with Gasteiger partial charge in [0, 0.05) is 17.7 Å². The van der Waals surface area contributed by atoms with E-state index < -0.39 is 5.92 Å². The Morgan fingerprint density at radius 1 is 1.47 bits per heavy atom. The molecule has 1 aliphatic rings. The summed E-state index contributed by atoms with van der Waals surface area (Å²) in [6.45, 7) is 0. The second kappa shape index (κ2) is 3.95. The summed E-state index contributed by atoms with van der Waals surface area (Å²) in [7, 11) is 0. The first-order valence-electron chi connectivity index (χ1n) is 5.31. The van der Waals surface area contributed by atoms with Crippen LogP contribution in [0.4, 0.5) is 8.78 Å². The summed E-state index contributed by atoms with van der Waals surface area (Å²) in [5.74, 6) is -2.32. The number of hydrogen-bond donors (Lipinski definition) is 0. The molecule has 1 aliphatic carbocycles. The van der Waals surface area contributed by atoms with E-state index in [2.05, 4.69) is 25.9 Å². The van der Waals surface area contributed by atoms with E-state index in [1.54, 1.807) is 17.5 Å². The smallest absolute Gasteiger partial charge is 0.248 e. The van der Waals surface area contributed by atoms with Crippen molar-refractivity contribution < 1.29 is 8.78 Å². The molecular weight excluding hydrogens is 310 g/mol. The predicted molar refractivity (Wildman–Crippen MR) is 66.5 cm³/mol. The van der Waals surface area contributed by atoms with Crippen LogP contribution < -0.4 is 0 Å². The Morgan fingerprint density at radius 2 is 2.24 bits per heavy atom.